The van der Waals surface area contributed by atoms with E-state index in [4.69, 9.17) is 0 Å². The minimum Gasteiger partial charge on any atom is -0.0988 e. The quantitative estimate of drug-likeness (QED) is 0.187. The number of hydrogen-bond acceptors (Lipinski definition) is 0. The molecule has 0 aliphatic rings. The summed E-state index contributed by atoms with van der Waals surface area (Å²) >= 11 is 0. The molecule has 0 heterocycles. The van der Waals surface area contributed by atoms with Gasteiger partial charge < -0.3 is 0 Å². The van der Waals surface area contributed by atoms with Crippen LogP contribution in [0, 0.1) is 0 Å². The normalized spacial score (nSPS) is 12.2. The zero-order valence-electron chi connectivity index (χ0n) is 24.9. The zero-order chi connectivity index (χ0) is 24.9. The molecule has 4 heteroatoms. The van der Waals surface area contributed by atoms with Crippen LogP contribution < -0.4 is 0 Å². The van der Waals surface area contributed by atoms with Crippen LogP contribution in [0.1, 0.15) is 125 Å². The molecule has 1 radical (unpaired) electrons. The molecule has 195 valence electrons. The molecule has 0 fully saturated rings. The van der Waals surface area contributed by atoms with Crippen molar-refractivity contribution in [3.8, 4) is 0 Å². The molecule has 0 rings (SSSR count). The topological polar surface area (TPSA) is 0 Å². The van der Waals surface area contributed by atoms with Crippen LogP contribution in [0.25, 0.3) is 0 Å². The Labute approximate surface area is 218 Å². The van der Waals surface area contributed by atoms with E-state index < -0.39 is 0 Å². The summed E-state index contributed by atoms with van der Waals surface area (Å²) in [6.45, 7) is 42.4. The van der Waals surface area contributed by atoms with Gasteiger partial charge in [-0.15, -0.1) is 0 Å². The first kappa shape index (κ1) is 40.1. The second-order valence-electron chi connectivity index (χ2n) is 11.2. The second kappa shape index (κ2) is 21.2. The molecule has 31 heavy (non-hydrogen) atoms. The molecule has 0 saturated heterocycles. The molecular weight excluding hydrogens is 520 g/mol. The maximum Gasteiger partial charge on any atom is 0 e. The van der Waals surface area contributed by atoms with Crippen molar-refractivity contribution < 1.29 is 19.5 Å². The molecule has 0 aliphatic carbocycles. The molecule has 0 nitrogen and oxygen atoms in total. The summed E-state index contributed by atoms with van der Waals surface area (Å²) in [6, 6.07) is 0. The van der Waals surface area contributed by atoms with Crippen molar-refractivity contribution in [3.05, 3.63) is 0 Å². The molecule has 0 N–H and O–H groups in total. The van der Waals surface area contributed by atoms with E-state index in [1.807, 2.05) is 0 Å². The second-order valence-corrected chi connectivity index (χ2v) is 23.2. The van der Waals surface area contributed by atoms with Crippen molar-refractivity contribution in [1.82, 2.24) is 0 Å². The van der Waals surface area contributed by atoms with Gasteiger partial charge in [-0.3, -0.25) is 0 Å². The Morgan fingerprint density at radius 3 is 0.290 bits per heavy atom. The summed E-state index contributed by atoms with van der Waals surface area (Å²) in [5.74, 6) is 0. The molecule has 0 bridgehead atoms. The smallest absolute Gasteiger partial charge is 0 e. The third-order valence-corrected chi connectivity index (χ3v) is 16.1. The van der Waals surface area contributed by atoms with Crippen molar-refractivity contribution >= 4 is 23.8 Å². The van der Waals surface area contributed by atoms with Crippen LogP contribution in [0.15, 0.2) is 0 Å². The molecule has 0 aromatic rings. The number of hydrogen-bond donors (Lipinski definition) is 0. The van der Waals surface area contributed by atoms with E-state index in [9.17, 15) is 0 Å². The summed E-state index contributed by atoms with van der Waals surface area (Å²) in [6.07, 6.45) is 0. The van der Waals surface area contributed by atoms with E-state index in [2.05, 4.69) is 125 Å². The van der Waals surface area contributed by atoms with Gasteiger partial charge in [-0.2, -0.15) is 0 Å². The average Bonchev–Trinajstić information content (AvgIpc) is 2.43. The third-order valence-electron chi connectivity index (χ3n) is 5.37. The number of rotatable bonds is 9. The van der Waals surface area contributed by atoms with Crippen molar-refractivity contribution in [1.29, 1.82) is 0 Å². The van der Waals surface area contributed by atoms with Gasteiger partial charge >= 0.3 is 0 Å². The Morgan fingerprint density at radius 1 is 0.226 bits per heavy atom. The largest absolute Gasteiger partial charge is 0.0988 e. The van der Waals surface area contributed by atoms with Crippen molar-refractivity contribution in [2.24, 2.45) is 0 Å². The van der Waals surface area contributed by atoms with Crippen LogP contribution in [-0.2, 0) is 19.5 Å². The van der Waals surface area contributed by atoms with E-state index in [0.717, 1.165) is 50.9 Å². The zero-order valence-corrected chi connectivity index (χ0v) is 29.2. The molecule has 0 unspecified atom stereocenters. The van der Waals surface area contributed by atoms with E-state index in [1.165, 1.54) is 0 Å². The fourth-order valence-corrected chi connectivity index (χ4v) is 16.1. The molecule has 0 aromatic carbocycles. The minimum atomic E-state index is 0. The Kier molecular flexibility index (Phi) is 27.4. The minimum absolute atomic E-state index is 0. The monoisotopic (exact) mass is 583 g/mol. The molecule has 0 spiro atoms. The Bertz CT molecular complexity index is 261. The van der Waals surface area contributed by atoms with Crippen molar-refractivity contribution in [2.45, 2.75) is 176 Å². The third kappa shape index (κ3) is 19.9. The Morgan fingerprint density at radius 2 is 0.290 bits per heavy atom. The predicted octanol–water partition coefficient (Wildman–Crippen LogP) is 11.1. The van der Waals surface area contributed by atoms with Crippen molar-refractivity contribution in [3.63, 3.8) is 0 Å². The molecule has 0 atom stereocenters. The van der Waals surface area contributed by atoms with E-state index in [0.29, 0.717) is 0 Å². The predicted molar refractivity (Wildman–Crippen MR) is 157 cm³/mol. The van der Waals surface area contributed by atoms with Gasteiger partial charge in [-0.25, -0.2) is 0 Å². The SMILES string of the molecule is CC(C)P(C(C)C)C(C)C.CC(C)P(C(C)C)C(C)C.CC(C)P(C(C)C)C(C)C.[Rh]. The van der Waals surface area contributed by atoms with Crippen LogP contribution in [-0.4, -0.2) is 50.9 Å². The molecule has 0 aromatic heterocycles. The summed E-state index contributed by atoms with van der Waals surface area (Å²) in [4.78, 5) is 0. The van der Waals surface area contributed by atoms with Gasteiger partial charge in [-0.05, 0) is 50.9 Å². The van der Waals surface area contributed by atoms with Crippen LogP contribution in [0.2, 0.25) is 0 Å². The Balaban J connectivity index is -0.000000174. The van der Waals surface area contributed by atoms with Gasteiger partial charge in [0.15, 0.2) is 0 Å². The standard InChI is InChI=1S/3C9H21P.Rh/c3*1-7(2)10(8(3)4)9(5)6;/h3*7-9H,1-6H3;. The maximum atomic E-state index is 2.35. The van der Waals surface area contributed by atoms with Gasteiger partial charge in [0, 0.05) is 19.5 Å². The average molecular weight is 584 g/mol. The van der Waals surface area contributed by atoms with E-state index in [1.54, 1.807) is 0 Å². The Hall–Kier alpha value is 1.91. The summed E-state index contributed by atoms with van der Waals surface area (Å²) in [5, 5.41) is 0. The van der Waals surface area contributed by atoms with E-state index in [-0.39, 0.29) is 43.2 Å². The van der Waals surface area contributed by atoms with Gasteiger partial charge in [0.25, 0.3) is 0 Å². The van der Waals surface area contributed by atoms with Gasteiger partial charge in [0.1, 0.15) is 0 Å². The summed E-state index contributed by atoms with van der Waals surface area (Å²) in [7, 11) is 0.787. The maximum absolute atomic E-state index is 2.35. The molecule has 0 aliphatic heterocycles. The van der Waals surface area contributed by atoms with Crippen LogP contribution in [0.3, 0.4) is 0 Å². The van der Waals surface area contributed by atoms with Gasteiger partial charge in [0.05, 0.1) is 0 Å². The van der Waals surface area contributed by atoms with Crippen molar-refractivity contribution in [2.75, 3.05) is 0 Å². The first-order valence-electron chi connectivity index (χ1n) is 12.7. The van der Waals surface area contributed by atoms with Crippen LogP contribution >= 0.6 is 23.8 Å². The molecule has 0 amide bonds. The van der Waals surface area contributed by atoms with Gasteiger partial charge in [0.2, 0.25) is 0 Å². The van der Waals surface area contributed by atoms with Crippen LogP contribution in [0.5, 0.6) is 0 Å². The summed E-state index contributed by atoms with van der Waals surface area (Å²) in [5.41, 5.74) is 8.08. The fraction of sp³-hybridized carbons (Fsp3) is 1.00. The summed E-state index contributed by atoms with van der Waals surface area (Å²) < 4.78 is 0. The van der Waals surface area contributed by atoms with Crippen LogP contribution in [0.4, 0.5) is 0 Å². The molecular formula is C27H63P3Rh. The fourth-order valence-electron chi connectivity index (χ4n) is 5.37. The van der Waals surface area contributed by atoms with Gasteiger partial charge in [-0.1, -0.05) is 148 Å². The van der Waals surface area contributed by atoms with E-state index >= 15 is 0 Å². The first-order chi connectivity index (χ1) is 13.4. The first-order valence-corrected chi connectivity index (χ1v) is 17.4. The molecule has 0 saturated carbocycles.